The number of benzene rings is 1. The van der Waals surface area contributed by atoms with Crippen LogP contribution in [0.25, 0.3) is 0 Å². The maximum atomic E-state index is 4.01. The number of aromatic amines is 1. The van der Waals surface area contributed by atoms with E-state index in [0.717, 1.165) is 19.5 Å². The molecule has 2 N–H and O–H groups in total. The van der Waals surface area contributed by atoms with E-state index in [9.17, 15) is 0 Å². The summed E-state index contributed by atoms with van der Waals surface area (Å²) in [5.41, 5.74) is 6.67. The fraction of sp³-hybridized carbons (Fsp3) is 0.400. The van der Waals surface area contributed by atoms with Crippen LogP contribution in [-0.4, -0.2) is 16.5 Å². The maximum absolute atomic E-state index is 4.01. The molecule has 0 atom stereocenters. The van der Waals surface area contributed by atoms with Crippen LogP contribution in [0, 0.1) is 20.8 Å². The molecule has 1 aromatic heterocycles. The zero-order valence-corrected chi connectivity index (χ0v) is 11.4. The lowest BCUT2D eigenvalue weighted by Gasteiger charge is -2.10. The van der Waals surface area contributed by atoms with E-state index in [1.807, 2.05) is 6.20 Å². The Bertz CT molecular complexity index is 501. The average Bonchev–Trinajstić information content (AvgIpc) is 2.84. The van der Waals surface area contributed by atoms with Crippen molar-refractivity contribution in [2.24, 2.45) is 0 Å². The normalized spacial score (nSPS) is 10.8. The Kier molecular flexibility index (Phi) is 4.15. The molecule has 0 radical (unpaired) electrons. The third-order valence-corrected chi connectivity index (χ3v) is 3.39. The third kappa shape index (κ3) is 3.20. The molecular weight excluding hydrogens is 222 g/mol. The van der Waals surface area contributed by atoms with Gasteiger partial charge in [-0.25, -0.2) is 4.98 Å². The summed E-state index contributed by atoms with van der Waals surface area (Å²) in [6, 6.07) is 4.55. The first-order chi connectivity index (χ1) is 8.66. The van der Waals surface area contributed by atoms with Crippen LogP contribution in [0.4, 0.5) is 0 Å². The standard InChI is InChI=1S/C15H21N3/c1-11-6-13(3)14(7-12(11)2)8-16-5-4-15-9-17-10-18-15/h6-7,9-10,16H,4-5,8H2,1-3H3,(H,17,18). The topological polar surface area (TPSA) is 40.7 Å². The molecule has 0 spiro atoms. The second-order valence-corrected chi connectivity index (χ2v) is 4.87. The molecule has 0 fully saturated rings. The van der Waals surface area contributed by atoms with Gasteiger partial charge in [0.05, 0.1) is 6.33 Å². The zero-order valence-electron chi connectivity index (χ0n) is 11.4. The van der Waals surface area contributed by atoms with Gasteiger partial charge in [0, 0.05) is 31.4 Å². The van der Waals surface area contributed by atoms with Gasteiger partial charge in [0.15, 0.2) is 0 Å². The first-order valence-electron chi connectivity index (χ1n) is 6.41. The van der Waals surface area contributed by atoms with Crippen molar-refractivity contribution in [1.29, 1.82) is 0 Å². The SMILES string of the molecule is Cc1cc(C)c(CNCCc2cnc[nH]2)cc1C. The van der Waals surface area contributed by atoms with Gasteiger partial charge in [-0.05, 0) is 43.0 Å². The van der Waals surface area contributed by atoms with Gasteiger partial charge in [-0.3, -0.25) is 0 Å². The van der Waals surface area contributed by atoms with Crippen LogP contribution < -0.4 is 5.32 Å². The lowest BCUT2D eigenvalue weighted by Crippen LogP contribution is -2.17. The number of aryl methyl sites for hydroxylation is 3. The monoisotopic (exact) mass is 243 g/mol. The average molecular weight is 243 g/mol. The number of hydrogen-bond donors (Lipinski definition) is 2. The number of imidazole rings is 1. The molecule has 1 aromatic carbocycles. The van der Waals surface area contributed by atoms with Crippen LogP contribution in [0.5, 0.6) is 0 Å². The molecule has 3 nitrogen and oxygen atoms in total. The summed E-state index contributed by atoms with van der Waals surface area (Å²) < 4.78 is 0. The van der Waals surface area contributed by atoms with E-state index >= 15 is 0 Å². The minimum Gasteiger partial charge on any atom is -0.348 e. The van der Waals surface area contributed by atoms with Crippen LogP contribution in [0.1, 0.15) is 27.9 Å². The van der Waals surface area contributed by atoms with Gasteiger partial charge in [-0.1, -0.05) is 12.1 Å². The Morgan fingerprint density at radius 3 is 2.61 bits per heavy atom. The van der Waals surface area contributed by atoms with Gasteiger partial charge in [0.25, 0.3) is 0 Å². The van der Waals surface area contributed by atoms with E-state index in [0.29, 0.717) is 0 Å². The Labute approximate surface area is 109 Å². The van der Waals surface area contributed by atoms with Crippen LogP contribution >= 0.6 is 0 Å². The van der Waals surface area contributed by atoms with Crippen molar-refractivity contribution in [2.75, 3.05) is 6.54 Å². The van der Waals surface area contributed by atoms with Gasteiger partial charge in [0.2, 0.25) is 0 Å². The lowest BCUT2D eigenvalue weighted by molar-refractivity contribution is 0.678. The van der Waals surface area contributed by atoms with E-state index in [1.54, 1.807) is 6.33 Å². The minimum atomic E-state index is 0.932. The molecule has 0 aliphatic rings. The largest absolute Gasteiger partial charge is 0.348 e. The fourth-order valence-electron chi connectivity index (χ4n) is 2.08. The van der Waals surface area contributed by atoms with Crippen molar-refractivity contribution in [3.8, 4) is 0 Å². The van der Waals surface area contributed by atoms with Crippen molar-refractivity contribution in [1.82, 2.24) is 15.3 Å². The molecule has 18 heavy (non-hydrogen) atoms. The zero-order chi connectivity index (χ0) is 13.0. The van der Waals surface area contributed by atoms with Crippen LogP contribution in [0.2, 0.25) is 0 Å². The summed E-state index contributed by atoms with van der Waals surface area (Å²) in [7, 11) is 0. The van der Waals surface area contributed by atoms with Crippen molar-refractivity contribution < 1.29 is 0 Å². The number of nitrogens with one attached hydrogen (secondary N) is 2. The Morgan fingerprint density at radius 2 is 1.89 bits per heavy atom. The molecule has 2 rings (SSSR count). The second-order valence-electron chi connectivity index (χ2n) is 4.87. The molecule has 2 aromatic rings. The van der Waals surface area contributed by atoms with Gasteiger partial charge in [-0.2, -0.15) is 0 Å². The van der Waals surface area contributed by atoms with Gasteiger partial charge in [-0.15, -0.1) is 0 Å². The third-order valence-electron chi connectivity index (χ3n) is 3.39. The number of aromatic nitrogens is 2. The highest BCUT2D eigenvalue weighted by atomic mass is 14.9. The summed E-state index contributed by atoms with van der Waals surface area (Å²) >= 11 is 0. The molecule has 3 heteroatoms. The van der Waals surface area contributed by atoms with Crippen molar-refractivity contribution >= 4 is 0 Å². The molecule has 0 bridgehead atoms. The quantitative estimate of drug-likeness (QED) is 0.793. The molecule has 0 saturated carbocycles. The van der Waals surface area contributed by atoms with E-state index < -0.39 is 0 Å². The molecule has 96 valence electrons. The molecule has 0 aliphatic heterocycles. The highest BCUT2D eigenvalue weighted by molar-refractivity contribution is 5.36. The Balaban J connectivity index is 1.85. The number of rotatable bonds is 5. The molecular formula is C15H21N3. The minimum absolute atomic E-state index is 0.932. The predicted molar refractivity (Wildman–Crippen MR) is 74.7 cm³/mol. The van der Waals surface area contributed by atoms with Gasteiger partial charge >= 0.3 is 0 Å². The van der Waals surface area contributed by atoms with Crippen molar-refractivity contribution in [2.45, 2.75) is 33.7 Å². The van der Waals surface area contributed by atoms with E-state index in [-0.39, 0.29) is 0 Å². The smallest absolute Gasteiger partial charge is 0.0921 e. The summed E-state index contributed by atoms with van der Waals surface area (Å²) in [5, 5.41) is 3.48. The molecule has 1 heterocycles. The molecule has 0 saturated heterocycles. The van der Waals surface area contributed by atoms with Crippen LogP contribution in [0.3, 0.4) is 0 Å². The highest BCUT2D eigenvalue weighted by Gasteiger charge is 2.01. The summed E-state index contributed by atoms with van der Waals surface area (Å²) in [6.07, 6.45) is 4.59. The van der Waals surface area contributed by atoms with Gasteiger partial charge < -0.3 is 10.3 Å². The molecule has 0 aliphatic carbocycles. The van der Waals surface area contributed by atoms with Gasteiger partial charge in [0.1, 0.15) is 0 Å². The summed E-state index contributed by atoms with van der Waals surface area (Å²) in [4.78, 5) is 7.12. The predicted octanol–water partition coefficient (Wildman–Crippen LogP) is 2.67. The van der Waals surface area contributed by atoms with E-state index in [2.05, 4.69) is 48.2 Å². The van der Waals surface area contributed by atoms with Crippen molar-refractivity contribution in [3.63, 3.8) is 0 Å². The van der Waals surface area contributed by atoms with Crippen LogP contribution in [0.15, 0.2) is 24.7 Å². The summed E-state index contributed by atoms with van der Waals surface area (Å²) in [5.74, 6) is 0. The second kappa shape index (κ2) is 5.83. The highest BCUT2D eigenvalue weighted by Crippen LogP contribution is 2.14. The Hall–Kier alpha value is -1.61. The number of hydrogen-bond acceptors (Lipinski definition) is 2. The fourth-order valence-corrected chi connectivity index (χ4v) is 2.08. The summed E-state index contributed by atoms with van der Waals surface area (Å²) in [6.45, 7) is 8.41. The first kappa shape index (κ1) is 12.8. The van der Waals surface area contributed by atoms with E-state index in [1.165, 1.54) is 27.9 Å². The maximum Gasteiger partial charge on any atom is 0.0921 e. The Morgan fingerprint density at radius 1 is 1.11 bits per heavy atom. The van der Waals surface area contributed by atoms with Crippen molar-refractivity contribution in [3.05, 3.63) is 52.6 Å². The first-order valence-corrected chi connectivity index (χ1v) is 6.41. The number of H-pyrrole nitrogens is 1. The number of nitrogens with zero attached hydrogens (tertiary/aromatic N) is 1. The van der Waals surface area contributed by atoms with E-state index in [4.69, 9.17) is 0 Å². The van der Waals surface area contributed by atoms with Crippen LogP contribution in [-0.2, 0) is 13.0 Å². The molecule has 0 unspecified atom stereocenters. The lowest BCUT2D eigenvalue weighted by atomic mass is 10.0. The molecule has 0 amide bonds.